The number of rotatable bonds is 6. The molecule has 17 heavy (non-hydrogen) atoms. The molecule has 1 heterocycles. The predicted molar refractivity (Wildman–Crippen MR) is 54.5 cm³/mol. The average molecular weight is 242 g/mol. The van der Waals surface area contributed by atoms with E-state index in [-0.39, 0.29) is 25.7 Å². The fourth-order valence-corrected chi connectivity index (χ4v) is 1.16. The number of hydrogen-bond acceptors (Lipinski definition) is 4. The largest absolute Gasteiger partial charge is 0.475 e. The molecule has 0 radical (unpaired) electrons. The minimum atomic E-state index is -0.656. The molecule has 0 saturated carbocycles. The Morgan fingerprint density at radius 1 is 1.65 bits per heavy atom. The molecule has 0 bridgehead atoms. The first-order valence-corrected chi connectivity index (χ1v) is 4.90. The summed E-state index contributed by atoms with van der Waals surface area (Å²) in [4.78, 5) is 25.7. The van der Waals surface area contributed by atoms with Crippen molar-refractivity contribution >= 4 is 5.91 Å². The zero-order valence-electron chi connectivity index (χ0n) is 9.07. The number of nitrogens with one attached hydrogen (secondary N) is 1. The number of aromatic nitrogens is 1. The van der Waals surface area contributed by atoms with Crippen LogP contribution in [0.2, 0.25) is 0 Å². The fourth-order valence-electron chi connectivity index (χ4n) is 1.16. The van der Waals surface area contributed by atoms with Crippen LogP contribution in [0.3, 0.4) is 0 Å². The molecule has 0 spiro atoms. The van der Waals surface area contributed by atoms with E-state index in [2.05, 4.69) is 10.2 Å². The summed E-state index contributed by atoms with van der Waals surface area (Å²) in [7, 11) is 0. The Morgan fingerprint density at radius 3 is 3.06 bits per heavy atom. The predicted octanol–water partition coefficient (Wildman–Crippen LogP) is -1.28. The van der Waals surface area contributed by atoms with E-state index < -0.39 is 5.09 Å². The van der Waals surface area contributed by atoms with Crippen LogP contribution in [-0.2, 0) is 11.5 Å². The number of carbonyl (C=O) groups is 1. The van der Waals surface area contributed by atoms with Gasteiger partial charge in [-0.05, 0) is 6.07 Å². The van der Waals surface area contributed by atoms with Crippen molar-refractivity contribution in [3.63, 3.8) is 0 Å². The van der Waals surface area contributed by atoms with Crippen molar-refractivity contribution in [3.05, 3.63) is 35.0 Å². The highest BCUT2D eigenvalue weighted by Gasteiger charge is 2.10. The van der Waals surface area contributed by atoms with Gasteiger partial charge in [0.2, 0.25) is 0 Å². The van der Waals surface area contributed by atoms with Gasteiger partial charge in [0.25, 0.3) is 5.91 Å². The second kappa shape index (κ2) is 6.38. The molecule has 8 nitrogen and oxygen atoms in total. The van der Waals surface area contributed by atoms with Crippen molar-refractivity contribution in [2.45, 2.75) is 6.67 Å². The minimum absolute atomic E-state index is 0.107. The molecule has 8 heteroatoms. The van der Waals surface area contributed by atoms with Gasteiger partial charge in [-0.3, -0.25) is 10.5 Å². The summed E-state index contributed by atoms with van der Waals surface area (Å²) in [6.07, 6.45) is 3.34. The smallest absolute Gasteiger partial charge is 0.348 e. The molecule has 0 fully saturated rings. The van der Waals surface area contributed by atoms with Crippen LogP contribution in [0.5, 0.6) is 0 Å². The molecule has 0 atom stereocenters. The second-order valence-electron chi connectivity index (χ2n) is 3.12. The Labute approximate surface area is 97.1 Å². The number of nitrogens with two attached hydrogens (primary N) is 1. The average Bonchev–Trinajstić information content (AvgIpc) is 2.34. The first kappa shape index (κ1) is 12.8. The van der Waals surface area contributed by atoms with Gasteiger partial charge in [-0.15, -0.1) is 0 Å². The van der Waals surface area contributed by atoms with Crippen LogP contribution < -0.4 is 15.6 Å². The molecule has 0 aliphatic heterocycles. The van der Waals surface area contributed by atoms with Crippen molar-refractivity contribution < 1.29 is 24.5 Å². The van der Waals surface area contributed by atoms with Gasteiger partial charge in [-0.25, -0.2) is 5.21 Å². The fraction of sp³-hybridized carbons (Fsp3) is 0.333. The van der Waals surface area contributed by atoms with Crippen molar-refractivity contribution in [3.8, 4) is 0 Å². The van der Waals surface area contributed by atoms with Crippen molar-refractivity contribution in [2.75, 3.05) is 13.2 Å². The van der Waals surface area contributed by atoms with E-state index in [9.17, 15) is 9.70 Å². The van der Waals surface area contributed by atoms with Crippen LogP contribution >= 0.6 is 0 Å². The summed E-state index contributed by atoms with van der Waals surface area (Å²) in [5, 5.41) is 9.98. The van der Waals surface area contributed by atoms with Crippen molar-refractivity contribution in [2.24, 2.45) is 5.73 Å². The van der Waals surface area contributed by atoms with Gasteiger partial charge in [-0.2, -0.15) is 9.40 Å². The Morgan fingerprint density at radius 2 is 2.41 bits per heavy atom. The third-order valence-electron chi connectivity index (χ3n) is 1.92. The van der Waals surface area contributed by atoms with E-state index in [0.29, 0.717) is 5.56 Å². The van der Waals surface area contributed by atoms with Gasteiger partial charge in [0.05, 0.1) is 6.54 Å². The Hall–Kier alpha value is -2.22. The summed E-state index contributed by atoms with van der Waals surface area (Å²) < 4.78 is 1.65. The molecular formula is C9H14N4O4+2. The molecule has 1 rings (SSSR count). The number of carbonyl (C=O) groups excluding carboxylic acids is 1. The zero-order chi connectivity index (χ0) is 12.7. The lowest BCUT2D eigenvalue weighted by Crippen LogP contribution is -2.39. The highest BCUT2D eigenvalue weighted by molar-refractivity contribution is 5.93. The van der Waals surface area contributed by atoms with E-state index in [1.54, 1.807) is 29.1 Å². The minimum Gasteiger partial charge on any atom is -0.348 e. The Kier molecular flexibility index (Phi) is 4.82. The molecule has 0 aliphatic carbocycles. The van der Waals surface area contributed by atoms with Crippen LogP contribution in [0.1, 0.15) is 10.4 Å². The van der Waals surface area contributed by atoms with Gasteiger partial charge >= 0.3 is 5.09 Å². The summed E-state index contributed by atoms with van der Waals surface area (Å²) in [5.41, 5.74) is 5.86. The standard InChI is InChI=1S/C9H13N4O4/c10-7-12-4-1-2-8(6-12)9(14)11-3-5-17-13(15)16/h1-2,4,6H,3,5,7,10H2,(H-,11,14,15,16)/q+1/p+1. The first-order valence-electron chi connectivity index (χ1n) is 4.90. The first-order chi connectivity index (χ1) is 8.13. The molecular weight excluding hydrogens is 228 g/mol. The van der Waals surface area contributed by atoms with Crippen LogP contribution in [0, 0.1) is 4.91 Å². The topological polar surface area (TPSA) is 109 Å². The van der Waals surface area contributed by atoms with Crippen LogP contribution in [-0.4, -0.2) is 29.4 Å². The molecule has 1 aromatic heterocycles. The van der Waals surface area contributed by atoms with E-state index in [1.165, 1.54) is 0 Å². The monoisotopic (exact) mass is 242 g/mol. The second-order valence-corrected chi connectivity index (χ2v) is 3.12. The van der Waals surface area contributed by atoms with Gasteiger partial charge in [0.1, 0.15) is 10.5 Å². The number of pyridine rings is 1. The highest BCUT2D eigenvalue weighted by atomic mass is 16.9. The third-order valence-corrected chi connectivity index (χ3v) is 1.92. The third kappa shape index (κ3) is 4.43. The Balaban J connectivity index is 2.43. The Bertz CT molecular complexity index is 410. The summed E-state index contributed by atoms with van der Waals surface area (Å²) >= 11 is 0. The number of amides is 1. The lowest BCUT2D eigenvalue weighted by molar-refractivity contribution is -0.975. The van der Waals surface area contributed by atoms with Gasteiger partial charge < -0.3 is 5.32 Å². The highest BCUT2D eigenvalue weighted by Crippen LogP contribution is 1.93. The van der Waals surface area contributed by atoms with Gasteiger partial charge in [0, 0.05) is 6.07 Å². The van der Waals surface area contributed by atoms with E-state index in [0.717, 1.165) is 0 Å². The van der Waals surface area contributed by atoms with Crippen LogP contribution in [0.15, 0.2) is 24.5 Å². The zero-order valence-corrected chi connectivity index (χ0v) is 9.07. The summed E-state index contributed by atoms with van der Waals surface area (Å²) in [6, 6.07) is 3.33. The molecule has 4 N–H and O–H groups in total. The summed E-state index contributed by atoms with van der Waals surface area (Å²) in [5.74, 6) is -0.313. The van der Waals surface area contributed by atoms with Crippen LogP contribution in [0.25, 0.3) is 0 Å². The van der Waals surface area contributed by atoms with Crippen molar-refractivity contribution in [1.82, 2.24) is 5.32 Å². The molecule has 1 amide bonds. The van der Waals surface area contributed by atoms with Crippen LogP contribution in [0.4, 0.5) is 0 Å². The number of hydrogen-bond donors (Lipinski definition) is 3. The van der Waals surface area contributed by atoms with Gasteiger partial charge in [-0.1, -0.05) is 0 Å². The maximum atomic E-state index is 11.6. The molecule has 0 saturated heterocycles. The molecule has 0 aliphatic rings. The quantitative estimate of drug-likeness (QED) is 0.327. The van der Waals surface area contributed by atoms with E-state index >= 15 is 0 Å². The molecule has 0 aromatic carbocycles. The lowest BCUT2D eigenvalue weighted by Gasteiger charge is -2.01. The van der Waals surface area contributed by atoms with Crippen molar-refractivity contribution in [1.29, 1.82) is 0 Å². The SMILES string of the molecule is NC[n+]1cccc(C(=O)NCCO[N+](=O)O)c1. The molecule has 0 unspecified atom stereocenters. The lowest BCUT2D eigenvalue weighted by atomic mass is 10.2. The van der Waals surface area contributed by atoms with Gasteiger partial charge in [0.15, 0.2) is 25.7 Å². The maximum absolute atomic E-state index is 11.6. The summed E-state index contributed by atoms with van der Waals surface area (Å²) in [6.45, 7) is 0.269. The molecule has 92 valence electrons. The molecule has 1 aromatic rings. The van der Waals surface area contributed by atoms with E-state index in [1.807, 2.05) is 0 Å². The normalized spacial score (nSPS) is 9.71. The number of nitrogens with zero attached hydrogens (tertiary/aromatic N) is 2. The van der Waals surface area contributed by atoms with E-state index in [4.69, 9.17) is 10.9 Å². The maximum Gasteiger partial charge on any atom is 0.475 e.